The molecule has 0 radical (unpaired) electrons. The average molecular weight is 188 g/mol. The largest absolute Gasteiger partial charge is 0.236 e. The van der Waals surface area contributed by atoms with Crippen molar-refractivity contribution in [1.29, 1.82) is 0 Å². The molecule has 1 heterocycles. The second-order valence-corrected chi connectivity index (χ2v) is 4.14. The summed E-state index contributed by atoms with van der Waals surface area (Å²) in [6.45, 7) is 3.41. The number of rotatable bonds is 1. The van der Waals surface area contributed by atoms with Crippen molar-refractivity contribution in [3.63, 3.8) is 0 Å². The van der Waals surface area contributed by atoms with Gasteiger partial charge in [0.15, 0.2) is 5.71 Å². The zero-order valence-electron chi connectivity index (χ0n) is 9.09. The molecule has 1 heteroatoms. The van der Waals surface area contributed by atoms with E-state index in [1.165, 1.54) is 42.6 Å². The van der Waals surface area contributed by atoms with E-state index in [1.54, 1.807) is 0 Å². The first-order valence-corrected chi connectivity index (χ1v) is 5.42. The lowest BCUT2D eigenvalue weighted by molar-refractivity contribution is -0.502. The van der Waals surface area contributed by atoms with Crippen LogP contribution in [0.2, 0.25) is 0 Å². The van der Waals surface area contributed by atoms with Gasteiger partial charge >= 0.3 is 0 Å². The molecule has 0 saturated carbocycles. The van der Waals surface area contributed by atoms with Crippen LogP contribution in [-0.4, -0.2) is 23.9 Å². The molecular formula is C13H18N+. The summed E-state index contributed by atoms with van der Waals surface area (Å²) in [4.78, 5) is 0. The molecule has 0 amide bonds. The average Bonchev–Trinajstić information content (AvgIpc) is 2.20. The first-order valence-electron chi connectivity index (χ1n) is 5.42. The van der Waals surface area contributed by atoms with Gasteiger partial charge in [0, 0.05) is 18.4 Å². The Labute approximate surface area is 86.1 Å². The summed E-state index contributed by atoms with van der Waals surface area (Å²) in [7, 11) is 2.21. The van der Waals surface area contributed by atoms with Crippen molar-refractivity contribution in [2.24, 2.45) is 0 Å². The van der Waals surface area contributed by atoms with E-state index in [2.05, 4.69) is 42.8 Å². The third-order valence-electron chi connectivity index (χ3n) is 3.07. The van der Waals surface area contributed by atoms with Crippen LogP contribution in [0.4, 0.5) is 0 Å². The lowest BCUT2D eigenvalue weighted by Crippen LogP contribution is -2.24. The number of aryl methyl sites for hydroxylation is 1. The maximum absolute atomic E-state index is 2.41. The van der Waals surface area contributed by atoms with Gasteiger partial charge in [-0.2, -0.15) is 0 Å². The predicted octanol–water partition coefficient (Wildman–Crippen LogP) is 2.61. The normalized spacial score (nSPS) is 17.3. The molecule has 0 fully saturated rings. The Morgan fingerprint density at radius 2 is 1.93 bits per heavy atom. The Bertz CT molecular complexity index is 363. The fourth-order valence-electron chi connectivity index (χ4n) is 2.20. The smallest absolute Gasteiger partial charge is 0.183 e. The number of nitrogens with zero attached hydrogens (tertiary/aromatic N) is 1. The monoisotopic (exact) mass is 188 g/mol. The molecule has 1 aliphatic heterocycles. The second kappa shape index (κ2) is 3.95. The van der Waals surface area contributed by atoms with E-state index in [1.807, 2.05) is 0 Å². The van der Waals surface area contributed by atoms with Gasteiger partial charge in [-0.3, -0.25) is 0 Å². The van der Waals surface area contributed by atoms with Crippen molar-refractivity contribution in [1.82, 2.24) is 0 Å². The molecule has 14 heavy (non-hydrogen) atoms. The quantitative estimate of drug-likeness (QED) is 0.596. The van der Waals surface area contributed by atoms with Crippen molar-refractivity contribution in [3.8, 4) is 0 Å². The van der Waals surface area contributed by atoms with E-state index in [-0.39, 0.29) is 0 Å². The predicted molar refractivity (Wildman–Crippen MR) is 60.2 cm³/mol. The van der Waals surface area contributed by atoms with E-state index in [9.17, 15) is 0 Å². The van der Waals surface area contributed by atoms with Gasteiger partial charge in [0.25, 0.3) is 0 Å². The van der Waals surface area contributed by atoms with E-state index in [0.29, 0.717) is 0 Å². The van der Waals surface area contributed by atoms with Crippen molar-refractivity contribution in [2.75, 3.05) is 13.6 Å². The van der Waals surface area contributed by atoms with Crippen LogP contribution in [0.5, 0.6) is 0 Å². The molecule has 1 nitrogen and oxygen atoms in total. The van der Waals surface area contributed by atoms with Crippen LogP contribution in [-0.2, 0) is 0 Å². The van der Waals surface area contributed by atoms with Gasteiger partial charge in [-0.05, 0) is 25.0 Å². The third kappa shape index (κ3) is 1.72. The lowest BCUT2D eigenvalue weighted by atomic mass is 9.97. The number of hydrogen-bond acceptors (Lipinski definition) is 0. The van der Waals surface area contributed by atoms with Gasteiger partial charge in [0.2, 0.25) is 0 Å². The zero-order chi connectivity index (χ0) is 9.97. The molecule has 0 saturated heterocycles. The van der Waals surface area contributed by atoms with Crippen molar-refractivity contribution in [3.05, 3.63) is 35.4 Å². The van der Waals surface area contributed by atoms with Gasteiger partial charge in [0.1, 0.15) is 13.6 Å². The fourth-order valence-corrected chi connectivity index (χ4v) is 2.20. The molecule has 0 aliphatic carbocycles. The standard InChI is InChI=1S/C13H18N/c1-11-7-3-4-8-12(11)13-9-5-6-10-14(13)2/h3-4,7-8H,5-6,9-10H2,1-2H3/q+1. The van der Waals surface area contributed by atoms with E-state index < -0.39 is 0 Å². The zero-order valence-corrected chi connectivity index (χ0v) is 9.09. The van der Waals surface area contributed by atoms with Gasteiger partial charge in [-0.15, -0.1) is 0 Å². The molecule has 0 unspecified atom stereocenters. The fraction of sp³-hybridized carbons (Fsp3) is 0.462. The summed E-state index contributed by atoms with van der Waals surface area (Å²) >= 11 is 0. The summed E-state index contributed by atoms with van der Waals surface area (Å²) in [6, 6.07) is 8.69. The van der Waals surface area contributed by atoms with Gasteiger partial charge in [-0.1, -0.05) is 18.2 Å². The SMILES string of the molecule is Cc1ccccc1C1=[N+](C)CCCC1. The summed E-state index contributed by atoms with van der Waals surface area (Å²) < 4.78 is 2.41. The summed E-state index contributed by atoms with van der Waals surface area (Å²) in [5.41, 5.74) is 4.36. The summed E-state index contributed by atoms with van der Waals surface area (Å²) in [6.07, 6.45) is 3.92. The van der Waals surface area contributed by atoms with Crippen LogP contribution < -0.4 is 0 Å². The Hall–Kier alpha value is -1.11. The maximum Gasteiger partial charge on any atom is 0.183 e. The molecule has 1 aliphatic rings. The Morgan fingerprint density at radius 1 is 1.14 bits per heavy atom. The topological polar surface area (TPSA) is 3.01 Å². The first kappa shape index (κ1) is 9.45. The first-order chi connectivity index (χ1) is 6.79. The molecule has 2 rings (SSSR count). The van der Waals surface area contributed by atoms with E-state index >= 15 is 0 Å². The van der Waals surface area contributed by atoms with E-state index in [0.717, 1.165) is 0 Å². The molecule has 1 aromatic carbocycles. The molecule has 74 valence electrons. The van der Waals surface area contributed by atoms with Gasteiger partial charge < -0.3 is 0 Å². The summed E-state index contributed by atoms with van der Waals surface area (Å²) in [5.74, 6) is 0. The minimum atomic E-state index is 1.21. The van der Waals surface area contributed by atoms with E-state index in [4.69, 9.17) is 0 Å². The number of hydrogen-bond donors (Lipinski definition) is 0. The molecule has 0 N–H and O–H groups in total. The van der Waals surface area contributed by atoms with Crippen LogP contribution in [0.3, 0.4) is 0 Å². The Balaban J connectivity index is 2.43. The minimum absolute atomic E-state index is 1.21. The van der Waals surface area contributed by atoms with Gasteiger partial charge in [0.05, 0.1) is 0 Å². The highest BCUT2D eigenvalue weighted by Gasteiger charge is 2.19. The maximum atomic E-state index is 2.41. The second-order valence-electron chi connectivity index (χ2n) is 4.14. The van der Waals surface area contributed by atoms with Crippen molar-refractivity contribution in [2.45, 2.75) is 26.2 Å². The molecule has 0 atom stereocenters. The lowest BCUT2D eigenvalue weighted by Gasteiger charge is -2.13. The summed E-state index contributed by atoms with van der Waals surface area (Å²) in [5, 5.41) is 0. The Morgan fingerprint density at radius 3 is 2.64 bits per heavy atom. The van der Waals surface area contributed by atoms with Gasteiger partial charge in [-0.25, -0.2) is 4.58 Å². The number of benzene rings is 1. The molecular weight excluding hydrogens is 170 g/mol. The third-order valence-corrected chi connectivity index (χ3v) is 3.07. The molecule has 0 aromatic heterocycles. The minimum Gasteiger partial charge on any atom is -0.236 e. The molecule has 1 aromatic rings. The van der Waals surface area contributed by atoms with Crippen LogP contribution in [0.25, 0.3) is 0 Å². The van der Waals surface area contributed by atoms with Crippen LogP contribution in [0.1, 0.15) is 30.4 Å². The van der Waals surface area contributed by atoms with Crippen molar-refractivity contribution >= 4 is 5.71 Å². The Kier molecular flexibility index (Phi) is 2.67. The highest BCUT2D eigenvalue weighted by Crippen LogP contribution is 2.15. The van der Waals surface area contributed by atoms with Crippen LogP contribution in [0.15, 0.2) is 24.3 Å². The van der Waals surface area contributed by atoms with Crippen LogP contribution in [0, 0.1) is 6.92 Å². The molecule has 0 spiro atoms. The van der Waals surface area contributed by atoms with Crippen molar-refractivity contribution < 1.29 is 4.58 Å². The molecule has 0 bridgehead atoms. The highest BCUT2D eigenvalue weighted by atomic mass is 15.0. The highest BCUT2D eigenvalue weighted by molar-refractivity contribution is 5.98. The van der Waals surface area contributed by atoms with Crippen LogP contribution >= 0.6 is 0 Å².